The van der Waals surface area contributed by atoms with Gasteiger partial charge in [0.1, 0.15) is 0 Å². The molecule has 0 heterocycles. The van der Waals surface area contributed by atoms with Gasteiger partial charge in [-0.3, -0.25) is 4.39 Å². The molecule has 3 nitrogen and oxygen atoms in total. The zero-order chi connectivity index (χ0) is 6.41. The summed E-state index contributed by atoms with van der Waals surface area (Å²) in [6.07, 6.45) is -1.13. The summed E-state index contributed by atoms with van der Waals surface area (Å²) in [5.41, 5.74) is 0. The zero-order valence-corrected chi connectivity index (χ0v) is 4.32. The van der Waals surface area contributed by atoms with Crippen LogP contribution in [-0.4, -0.2) is 19.3 Å². The molecule has 0 saturated carbocycles. The van der Waals surface area contributed by atoms with E-state index in [0.717, 1.165) is 0 Å². The highest BCUT2D eigenvalue weighted by Crippen LogP contribution is 1.75. The van der Waals surface area contributed by atoms with Crippen LogP contribution in [0.5, 0.6) is 0 Å². The van der Waals surface area contributed by atoms with Gasteiger partial charge in [-0.2, -0.15) is 0 Å². The summed E-state index contributed by atoms with van der Waals surface area (Å²) < 4.78 is 11.2. The van der Waals surface area contributed by atoms with Crippen molar-refractivity contribution < 1.29 is 14.3 Å². The van der Waals surface area contributed by atoms with Gasteiger partial charge >= 0.3 is 6.09 Å². The normalized spacial score (nSPS) is 8.62. The van der Waals surface area contributed by atoms with Gasteiger partial charge < -0.3 is 5.32 Å². The lowest BCUT2D eigenvalue weighted by molar-refractivity contribution is 0.168. The summed E-state index contributed by atoms with van der Waals surface area (Å²) in [6, 6.07) is 0. The molecule has 0 aliphatic heterocycles. The average molecular weight is 120 g/mol. The molecule has 0 saturated heterocycles. The largest absolute Gasteiger partial charge is 0.450 e. The summed E-state index contributed by atoms with van der Waals surface area (Å²) in [7, 11) is 0. The van der Waals surface area contributed by atoms with Gasteiger partial charge in [-0.1, -0.05) is 0 Å². The Labute approximate surface area is 46.5 Å². The van der Waals surface area contributed by atoms with Gasteiger partial charge in [0.05, 0.1) is 6.67 Å². The van der Waals surface area contributed by atoms with Gasteiger partial charge in [-0.15, -0.1) is 0 Å². The van der Waals surface area contributed by atoms with E-state index in [1.165, 1.54) is 0 Å². The van der Waals surface area contributed by atoms with E-state index in [9.17, 15) is 14.3 Å². The lowest BCUT2D eigenvalue weighted by Crippen LogP contribution is -2.20. The van der Waals surface area contributed by atoms with Crippen molar-refractivity contribution in [2.75, 3.05) is 13.2 Å². The molecule has 0 spiro atoms. The SMILES string of the molecule is [O]C(=O)NCCCF. The Kier molecular flexibility index (Phi) is 3.93. The molecule has 47 valence electrons. The number of hydrogen-bond acceptors (Lipinski definition) is 1. The van der Waals surface area contributed by atoms with Gasteiger partial charge in [0.2, 0.25) is 0 Å². The third-order valence-electron chi connectivity index (χ3n) is 0.580. The second-order valence-corrected chi connectivity index (χ2v) is 1.26. The van der Waals surface area contributed by atoms with E-state index in [0.29, 0.717) is 0 Å². The minimum atomic E-state index is -1.35. The number of carbonyl (C=O) groups excluding carboxylic acids is 1. The Hall–Kier alpha value is -0.800. The molecule has 0 fully saturated rings. The molecule has 8 heavy (non-hydrogen) atoms. The molecule has 0 aromatic carbocycles. The maximum Gasteiger partial charge on any atom is 0.450 e. The summed E-state index contributed by atoms with van der Waals surface area (Å²) in [4.78, 5) is 9.53. The van der Waals surface area contributed by atoms with Crippen molar-refractivity contribution in [1.29, 1.82) is 0 Å². The quantitative estimate of drug-likeness (QED) is 0.541. The number of amides is 1. The molecule has 0 bridgehead atoms. The molecule has 1 radical (unpaired) electrons. The summed E-state index contributed by atoms with van der Waals surface area (Å²) >= 11 is 0. The minimum Gasteiger partial charge on any atom is -0.318 e. The predicted octanol–water partition coefficient (Wildman–Crippen LogP) is 0.486. The van der Waals surface area contributed by atoms with Gasteiger partial charge in [-0.05, 0) is 6.42 Å². The summed E-state index contributed by atoms with van der Waals surface area (Å²) in [5, 5.41) is 11.4. The first kappa shape index (κ1) is 7.20. The van der Waals surface area contributed by atoms with Crippen LogP contribution in [0.25, 0.3) is 0 Å². The summed E-state index contributed by atoms with van der Waals surface area (Å²) in [6.45, 7) is -0.362. The fourth-order valence-corrected chi connectivity index (χ4v) is 0.257. The Morgan fingerprint density at radius 2 is 2.25 bits per heavy atom. The Bertz CT molecular complexity index is 76.4. The maximum atomic E-state index is 11.2. The molecule has 4 heteroatoms. The van der Waals surface area contributed by atoms with E-state index in [2.05, 4.69) is 0 Å². The Morgan fingerprint density at radius 3 is 2.62 bits per heavy atom. The van der Waals surface area contributed by atoms with Crippen molar-refractivity contribution in [3.63, 3.8) is 0 Å². The Morgan fingerprint density at radius 1 is 1.62 bits per heavy atom. The number of carbonyl (C=O) groups is 1. The molecule has 0 aromatic heterocycles. The van der Waals surface area contributed by atoms with Crippen LogP contribution in [0.15, 0.2) is 0 Å². The number of alkyl halides is 1. The second-order valence-electron chi connectivity index (χ2n) is 1.26. The van der Waals surface area contributed by atoms with Gasteiger partial charge in [0.15, 0.2) is 0 Å². The van der Waals surface area contributed by atoms with Gasteiger partial charge in [0.25, 0.3) is 0 Å². The number of nitrogens with one attached hydrogen (secondary N) is 1. The van der Waals surface area contributed by atoms with Crippen LogP contribution >= 0.6 is 0 Å². The van der Waals surface area contributed by atoms with Crippen LogP contribution in [0.2, 0.25) is 0 Å². The molecule has 1 amide bonds. The van der Waals surface area contributed by atoms with Crippen LogP contribution in [-0.2, 0) is 5.11 Å². The lowest BCUT2D eigenvalue weighted by atomic mass is 10.5. The maximum absolute atomic E-state index is 11.2. The highest BCUT2D eigenvalue weighted by molar-refractivity contribution is 5.63. The topological polar surface area (TPSA) is 49.0 Å². The van der Waals surface area contributed by atoms with Crippen molar-refractivity contribution in [2.24, 2.45) is 0 Å². The monoisotopic (exact) mass is 120 g/mol. The molecule has 1 N–H and O–H groups in total. The lowest BCUT2D eigenvalue weighted by Gasteiger charge is -1.91. The van der Waals surface area contributed by atoms with Crippen molar-refractivity contribution in [3.8, 4) is 0 Å². The number of hydrogen-bond donors (Lipinski definition) is 1. The van der Waals surface area contributed by atoms with Gasteiger partial charge in [-0.25, -0.2) is 9.90 Å². The molecule has 0 unspecified atom stereocenters. The van der Waals surface area contributed by atoms with E-state index in [4.69, 9.17) is 0 Å². The van der Waals surface area contributed by atoms with Gasteiger partial charge in [0, 0.05) is 6.54 Å². The van der Waals surface area contributed by atoms with E-state index < -0.39 is 12.8 Å². The standard InChI is InChI=1S/C4H7FNO2/c5-2-1-3-6-4(7)8/h6H,1-3H2. The first-order valence-electron chi connectivity index (χ1n) is 2.28. The van der Waals surface area contributed by atoms with E-state index in [1.54, 1.807) is 0 Å². The molecule has 0 rings (SSSR count). The minimum absolute atomic E-state index is 0.138. The summed E-state index contributed by atoms with van der Waals surface area (Å²) in [5.74, 6) is 0. The van der Waals surface area contributed by atoms with Crippen LogP contribution in [0, 0.1) is 0 Å². The van der Waals surface area contributed by atoms with Crippen LogP contribution < -0.4 is 5.32 Å². The highest BCUT2D eigenvalue weighted by atomic mass is 19.1. The number of halogens is 1. The molecule has 0 aliphatic carbocycles. The molecule has 0 aliphatic rings. The molecular weight excluding hydrogens is 113 g/mol. The Balaban J connectivity index is 2.82. The second kappa shape index (κ2) is 4.36. The molecule has 0 aromatic rings. The average Bonchev–Trinajstić information content (AvgIpc) is 1.66. The smallest absolute Gasteiger partial charge is 0.318 e. The fourth-order valence-electron chi connectivity index (χ4n) is 0.257. The van der Waals surface area contributed by atoms with E-state index in [1.807, 2.05) is 5.32 Å². The first-order chi connectivity index (χ1) is 3.77. The van der Waals surface area contributed by atoms with Crippen molar-refractivity contribution in [1.82, 2.24) is 5.32 Å². The zero-order valence-electron chi connectivity index (χ0n) is 4.32. The highest BCUT2D eigenvalue weighted by Gasteiger charge is 1.92. The third kappa shape index (κ3) is 5.20. The fraction of sp³-hybridized carbons (Fsp3) is 0.750. The van der Waals surface area contributed by atoms with E-state index >= 15 is 0 Å². The predicted molar refractivity (Wildman–Crippen MR) is 24.7 cm³/mol. The first-order valence-corrected chi connectivity index (χ1v) is 2.28. The third-order valence-corrected chi connectivity index (χ3v) is 0.580. The van der Waals surface area contributed by atoms with Crippen molar-refractivity contribution in [2.45, 2.75) is 6.42 Å². The van der Waals surface area contributed by atoms with Crippen LogP contribution in [0.3, 0.4) is 0 Å². The van der Waals surface area contributed by atoms with E-state index in [-0.39, 0.29) is 13.0 Å². The van der Waals surface area contributed by atoms with Crippen molar-refractivity contribution >= 4 is 6.09 Å². The molecule has 0 atom stereocenters. The molecular formula is C4H7FNO2. The van der Waals surface area contributed by atoms with Crippen LogP contribution in [0.1, 0.15) is 6.42 Å². The number of rotatable bonds is 3. The van der Waals surface area contributed by atoms with Crippen LogP contribution in [0.4, 0.5) is 9.18 Å². The van der Waals surface area contributed by atoms with Crippen molar-refractivity contribution in [3.05, 3.63) is 0 Å².